The number of hydroxylamine groups is 1. The van der Waals surface area contributed by atoms with Crippen LogP contribution in [0, 0.1) is 0 Å². The molecule has 2 aromatic carbocycles. The summed E-state index contributed by atoms with van der Waals surface area (Å²) in [6.07, 6.45) is 9.10. The molecule has 2 atom stereocenters. The van der Waals surface area contributed by atoms with Crippen LogP contribution in [0.25, 0.3) is 0 Å². The summed E-state index contributed by atoms with van der Waals surface area (Å²) in [6, 6.07) is 14.5. The fourth-order valence-electron chi connectivity index (χ4n) is 5.70. The summed E-state index contributed by atoms with van der Waals surface area (Å²) in [5.41, 5.74) is 5.56. The van der Waals surface area contributed by atoms with Gasteiger partial charge in [0, 0.05) is 37.9 Å². The number of benzene rings is 2. The third kappa shape index (κ3) is 10.4. The van der Waals surface area contributed by atoms with E-state index in [4.69, 9.17) is 9.94 Å². The number of fused-ring (bicyclic) bond motifs is 1. The number of nitrogens with one attached hydrogen (secondary N) is 4. The summed E-state index contributed by atoms with van der Waals surface area (Å²) in [4.78, 5) is 49.6. The van der Waals surface area contributed by atoms with Crippen LogP contribution in [0.1, 0.15) is 80.9 Å². The maximum Gasteiger partial charge on any atom is 0.329 e. The Balaban J connectivity index is 1.21. The van der Waals surface area contributed by atoms with E-state index in [1.807, 2.05) is 48.5 Å². The van der Waals surface area contributed by atoms with Gasteiger partial charge in [0.2, 0.25) is 17.7 Å². The number of carbonyl (C=O) groups is 4. The van der Waals surface area contributed by atoms with Gasteiger partial charge in [0.05, 0.1) is 0 Å². The lowest BCUT2D eigenvalue weighted by molar-refractivity contribution is -0.152. The quantitative estimate of drug-likeness (QED) is 0.0864. The number of amides is 3. The first-order chi connectivity index (χ1) is 20.9. The fourth-order valence-corrected chi connectivity index (χ4v) is 5.70. The fraction of sp³-hybridized carbons (Fsp3) is 0.515. The lowest BCUT2D eigenvalue weighted by Crippen LogP contribution is -2.44. The molecule has 0 saturated heterocycles. The van der Waals surface area contributed by atoms with E-state index in [1.54, 1.807) is 5.48 Å². The number of ether oxygens (including phenoxy) is 1. The molecule has 10 nitrogen and oxygen atoms in total. The van der Waals surface area contributed by atoms with E-state index in [9.17, 15) is 19.2 Å². The topological polar surface area (TPSA) is 146 Å². The molecular formula is C33H44N4O6. The van der Waals surface area contributed by atoms with Crippen molar-refractivity contribution < 1.29 is 29.1 Å². The molecule has 2 unspecified atom stereocenters. The van der Waals surface area contributed by atoms with Crippen molar-refractivity contribution in [3.8, 4) is 0 Å². The highest BCUT2D eigenvalue weighted by Gasteiger charge is 2.28. The molecule has 0 radical (unpaired) electrons. The van der Waals surface area contributed by atoms with Crippen LogP contribution in [0.2, 0.25) is 0 Å². The Morgan fingerprint density at radius 1 is 0.907 bits per heavy atom. The summed E-state index contributed by atoms with van der Waals surface area (Å²) in [5, 5.41) is 17.7. The molecule has 0 spiro atoms. The highest BCUT2D eigenvalue weighted by molar-refractivity contribution is 5.87. The number of unbranched alkanes of at least 4 members (excludes halogenated alkanes) is 3. The Morgan fingerprint density at radius 3 is 2.44 bits per heavy atom. The van der Waals surface area contributed by atoms with Gasteiger partial charge in [-0.2, -0.15) is 0 Å². The molecule has 1 saturated carbocycles. The second-order valence-corrected chi connectivity index (χ2v) is 11.5. The average molecular weight is 593 g/mol. The van der Waals surface area contributed by atoms with Crippen LogP contribution >= 0.6 is 0 Å². The molecule has 5 N–H and O–H groups in total. The Morgan fingerprint density at radius 2 is 1.67 bits per heavy atom. The first-order valence-corrected chi connectivity index (χ1v) is 15.5. The smallest absolute Gasteiger partial charge is 0.329 e. The lowest BCUT2D eigenvalue weighted by Gasteiger charge is -2.20. The Kier molecular flexibility index (Phi) is 12.4. The Labute approximate surface area is 253 Å². The molecule has 0 aromatic heterocycles. The second-order valence-electron chi connectivity index (χ2n) is 11.5. The van der Waals surface area contributed by atoms with Crippen LogP contribution in [-0.2, 0) is 43.2 Å². The molecule has 43 heavy (non-hydrogen) atoms. The third-order valence-electron chi connectivity index (χ3n) is 8.12. The molecule has 4 rings (SSSR count). The first kappa shape index (κ1) is 32.0. The Hall–Kier alpha value is -3.92. The summed E-state index contributed by atoms with van der Waals surface area (Å²) in [6.45, 7) is 0.569. The van der Waals surface area contributed by atoms with Crippen molar-refractivity contribution in [2.45, 2.75) is 102 Å². The van der Waals surface area contributed by atoms with Crippen molar-refractivity contribution in [3.63, 3.8) is 0 Å². The number of esters is 1. The molecule has 1 aliphatic heterocycles. The Bertz CT molecular complexity index is 1230. The van der Waals surface area contributed by atoms with Gasteiger partial charge in [0.25, 0.3) is 0 Å². The van der Waals surface area contributed by atoms with E-state index in [0.717, 1.165) is 67.3 Å². The van der Waals surface area contributed by atoms with Gasteiger partial charge in [0.15, 0.2) is 0 Å². The molecular weight excluding hydrogens is 548 g/mol. The minimum absolute atomic E-state index is 0.0502. The molecule has 1 fully saturated rings. The highest BCUT2D eigenvalue weighted by Crippen LogP contribution is 2.27. The summed E-state index contributed by atoms with van der Waals surface area (Å²) >= 11 is 0. The number of carbonyl (C=O) groups excluding carboxylic acids is 4. The maximum absolute atomic E-state index is 13.0. The van der Waals surface area contributed by atoms with E-state index in [2.05, 4.69) is 16.0 Å². The zero-order valence-corrected chi connectivity index (χ0v) is 24.7. The maximum atomic E-state index is 13.0. The first-order valence-electron chi connectivity index (χ1n) is 15.5. The lowest BCUT2D eigenvalue weighted by atomic mass is 10.0. The van der Waals surface area contributed by atoms with Gasteiger partial charge in [-0.3, -0.25) is 19.6 Å². The molecule has 1 heterocycles. The van der Waals surface area contributed by atoms with Crippen LogP contribution in [0.15, 0.2) is 48.5 Å². The van der Waals surface area contributed by atoms with E-state index in [-0.39, 0.29) is 42.3 Å². The van der Waals surface area contributed by atoms with Crippen molar-refractivity contribution >= 4 is 29.4 Å². The zero-order chi connectivity index (χ0) is 30.4. The van der Waals surface area contributed by atoms with Gasteiger partial charge in [-0.05, 0) is 67.7 Å². The summed E-state index contributed by atoms with van der Waals surface area (Å²) in [5.74, 6) is -0.998. The number of aryl methyl sites for hydroxylation is 1. The SMILES string of the molecule is O=C(CCCCCCNC(=O)C1Cc2cc(CCC(=O)NC(Cc3ccccc3)C(=O)OC3CCCC3)ccc2N1)NO. The van der Waals surface area contributed by atoms with Gasteiger partial charge < -0.3 is 20.7 Å². The van der Waals surface area contributed by atoms with Crippen LogP contribution in [-0.4, -0.2) is 53.6 Å². The van der Waals surface area contributed by atoms with E-state index in [0.29, 0.717) is 38.6 Å². The number of hydrogen-bond acceptors (Lipinski definition) is 7. The number of rotatable bonds is 16. The largest absolute Gasteiger partial charge is 0.461 e. The predicted octanol–water partition coefficient (Wildman–Crippen LogP) is 3.74. The normalized spacial score (nSPS) is 16.5. The summed E-state index contributed by atoms with van der Waals surface area (Å²) in [7, 11) is 0. The van der Waals surface area contributed by atoms with E-state index >= 15 is 0 Å². The van der Waals surface area contributed by atoms with Crippen molar-refractivity contribution in [3.05, 3.63) is 65.2 Å². The minimum atomic E-state index is -0.730. The molecule has 2 aromatic rings. The number of anilines is 1. The minimum Gasteiger partial charge on any atom is -0.461 e. The van der Waals surface area contributed by atoms with Crippen LogP contribution in [0.4, 0.5) is 5.69 Å². The molecule has 1 aliphatic carbocycles. The zero-order valence-electron chi connectivity index (χ0n) is 24.7. The molecule has 3 amide bonds. The second kappa shape index (κ2) is 16.6. The van der Waals surface area contributed by atoms with E-state index in [1.165, 1.54) is 0 Å². The van der Waals surface area contributed by atoms with Crippen molar-refractivity contribution in [1.29, 1.82) is 0 Å². The van der Waals surface area contributed by atoms with Gasteiger partial charge in [-0.1, -0.05) is 55.3 Å². The molecule has 232 valence electrons. The van der Waals surface area contributed by atoms with Crippen molar-refractivity contribution in [2.75, 3.05) is 11.9 Å². The number of hydrogen-bond donors (Lipinski definition) is 5. The molecule has 10 heteroatoms. The average Bonchev–Trinajstić information content (AvgIpc) is 3.69. The summed E-state index contributed by atoms with van der Waals surface area (Å²) < 4.78 is 5.73. The standard InChI is InChI=1S/C33H44N4O6/c38-30(36-29(21-23-10-4-3-5-11-23)33(41)43-26-12-7-8-13-26)18-16-24-15-17-27-25(20-24)22-28(35-27)32(40)34-19-9-2-1-6-14-31(39)37-42/h3-5,10-11,15,17,20,26,28-29,35,42H,1-2,6-9,12-14,16,18-19,21-22H2,(H,34,40)(H,36,38)(H,37,39). The van der Waals surface area contributed by atoms with Crippen molar-refractivity contribution in [1.82, 2.24) is 16.1 Å². The molecule has 2 aliphatic rings. The van der Waals surface area contributed by atoms with Gasteiger partial charge in [-0.25, -0.2) is 10.3 Å². The van der Waals surface area contributed by atoms with Gasteiger partial charge >= 0.3 is 5.97 Å². The monoisotopic (exact) mass is 592 g/mol. The predicted molar refractivity (Wildman–Crippen MR) is 162 cm³/mol. The van der Waals surface area contributed by atoms with Crippen LogP contribution in [0.5, 0.6) is 0 Å². The van der Waals surface area contributed by atoms with Gasteiger partial charge in [-0.15, -0.1) is 0 Å². The highest BCUT2D eigenvalue weighted by atomic mass is 16.5. The van der Waals surface area contributed by atoms with Gasteiger partial charge in [0.1, 0.15) is 18.2 Å². The van der Waals surface area contributed by atoms with E-state index < -0.39 is 6.04 Å². The van der Waals surface area contributed by atoms with Crippen LogP contribution < -0.4 is 21.4 Å². The third-order valence-corrected chi connectivity index (χ3v) is 8.12. The van der Waals surface area contributed by atoms with Crippen molar-refractivity contribution in [2.24, 2.45) is 0 Å². The molecule has 0 bridgehead atoms. The van der Waals surface area contributed by atoms with Crippen LogP contribution in [0.3, 0.4) is 0 Å².